The van der Waals surface area contributed by atoms with Crippen molar-refractivity contribution in [2.45, 2.75) is 76.4 Å². The third-order valence-corrected chi connectivity index (χ3v) is 8.58. The van der Waals surface area contributed by atoms with Crippen molar-refractivity contribution in [3.8, 4) is 0 Å². The molecular formula is C35H46N6O4. The summed E-state index contributed by atoms with van der Waals surface area (Å²) in [6.07, 6.45) is 6.55. The molecule has 3 heterocycles. The molecule has 45 heavy (non-hydrogen) atoms. The van der Waals surface area contributed by atoms with Crippen molar-refractivity contribution in [3.63, 3.8) is 0 Å². The number of nitrogens with one attached hydrogen (secondary N) is 2. The van der Waals surface area contributed by atoms with Gasteiger partial charge in [-0.2, -0.15) is 0 Å². The van der Waals surface area contributed by atoms with Gasteiger partial charge < -0.3 is 20.8 Å². The average Bonchev–Trinajstić information content (AvgIpc) is 3.32. The number of β-amino-alcohol motifs (C(OH)–C–C–N with tert-alkyl or cyclic N) is 1. The van der Waals surface area contributed by atoms with E-state index in [0.29, 0.717) is 32.5 Å². The number of aromatic nitrogens is 2. The van der Waals surface area contributed by atoms with Gasteiger partial charge in [-0.1, -0.05) is 36.4 Å². The quantitative estimate of drug-likeness (QED) is 0.259. The molecule has 240 valence electrons. The molecule has 5 atom stereocenters. The van der Waals surface area contributed by atoms with Crippen LogP contribution in [0.5, 0.6) is 0 Å². The second-order valence-corrected chi connectivity index (χ2v) is 13.5. The number of hydrogen-bond acceptors (Lipinski definition) is 8. The highest BCUT2D eigenvalue weighted by Gasteiger charge is 2.37. The van der Waals surface area contributed by atoms with Crippen LogP contribution in [0.3, 0.4) is 0 Å². The summed E-state index contributed by atoms with van der Waals surface area (Å²) in [4.78, 5) is 40.1. The van der Waals surface area contributed by atoms with Crippen molar-refractivity contribution < 1.29 is 19.8 Å². The Hall–Kier alpha value is -3.70. The molecule has 4 N–H and O–H groups in total. The molecule has 0 unspecified atom stereocenters. The number of carbonyl (C=O) groups is 2. The third-order valence-electron chi connectivity index (χ3n) is 8.58. The zero-order valence-electron chi connectivity index (χ0n) is 26.5. The van der Waals surface area contributed by atoms with E-state index in [1.807, 2.05) is 80.4 Å². The van der Waals surface area contributed by atoms with Crippen LogP contribution in [-0.4, -0.2) is 91.8 Å². The van der Waals surface area contributed by atoms with E-state index < -0.39 is 35.7 Å². The van der Waals surface area contributed by atoms with Crippen molar-refractivity contribution in [1.82, 2.24) is 30.4 Å². The van der Waals surface area contributed by atoms with E-state index in [4.69, 9.17) is 0 Å². The van der Waals surface area contributed by atoms with Gasteiger partial charge in [0.25, 0.3) is 0 Å². The summed E-state index contributed by atoms with van der Waals surface area (Å²) < 4.78 is 0. The molecule has 5 rings (SSSR count). The Labute approximate surface area is 265 Å². The zero-order chi connectivity index (χ0) is 32.0. The van der Waals surface area contributed by atoms with Crippen molar-refractivity contribution >= 4 is 11.8 Å². The topological polar surface area (TPSA) is 131 Å². The van der Waals surface area contributed by atoms with Crippen molar-refractivity contribution in [1.29, 1.82) is 0 Å². The number of amides is 2. The predicted molar refractivity (Wildman–Crippen MR) is 172 cm³/mol. The molecule has 1 saturated heterocycles. The van der Waals surface area contributed by atoms with E-state index in [1.54, 1.807) is 18.6 Å². The second kappa shape index (κ2) is 14.6. The van der Waals surface area contributed by atoms with Gasteiger partial charge in [0.15, 0.2) is 0 Å². The fourth-order valence-corrected chi connectivity index (χ4v) is 6.47. The van der Waals surface area contributed by atoms with Crippen LogP contribution in [0.4, 0.5) is 0 Å². The molecule has 0 spiro atoms. The Morgan fingerprint density at radius 2 is 1.71 bits per heavy atom. The highest BCUT2D eigenvalue weighted by molar-refractivity contribution is 5.83. The Balaban J connectivity index is 1.29. The van der Waals surface area contributed by atoms with Gasteiger partial charge in [-0.05, 0) is 68.0 Å². The summed E-state index contributed by atoms with van der Waals surface area (Å²) in [6, 6.07) is 14.5. The monoisotopic (exact) mass is 614 g/mol. The number of hydrogen-bond donors (Lipinski definition) is 4. The average molecular weight is 615 g/mol. The highest BCUT2D eigenvalue weighted by Crippen LogP contribution is 2.32. The zero-order valence-corrected chi connectivity index (χ0v) is 26.5. The van der Waals surface area contributed by atoms with Crippen LogP contribution in [0.25, 0.3) is 0 Å². The molecule has 0 saturated carbocycles. The van der Waals surface area contributed by atoms with Crippen molar-refractivity contribution in [2.75, 3.05) is 26.2 Å². The molecule has 10 nitrogen and oxygen atoms in total. The molecule has 2 aliphatic rings. The number of pyridine rings is 2. The number of fused-ring (bicyclic) bond motifs is 1. The van der Waals surface area contributed by atoms with Crippen LogP contribution in [0.1, 0.15) is 55.5 Å². The van der Waals surface area contributed by atoms with Crippen molar-refractivity contribution in [2.24, 2.45) is 5.92 Å². The number of carbonyl (C=O) groups excluding carboxylic acids is 2. The van der Waals surface area contributed by atoms with Gasteiger partial charge in [-0.15, -0.1) is 0 Å². The number of aliphatic hydroxyl groups is 2. The maximum atomic E-state index is 13.8. The first-order chi connectivity index (χ1) is 21.6. The first kappa shape index (κ1) is 32.7. The van der Waals surface area contributed by atoms with Crippen LogP contribution in [-0.2, 0) is 29.0 Å². The fraction of sp³-hybridized carbons (Fsp3) is 0.486. The Kier molecular flexibility index (Phi) is 10.6. The van der Waals surface area contributed by atoms with Crippen LogP contribution < -0.4 is 10.6 Å². The largest absolute Gasteiger partial charge is 0.392 e. The van der Waals surface area contributed by atoms with Gasteiger partial charge in [0.2, 0.25) is 11.8 Å². The Bertz CT molecular complexity index is 1420. The number of nitrogens with zero attached hydrogens (tertiary/aromatic N) is 4. The summed E-state index contributed by atoms with van der Waals surface area (Å²) in [7, 11) is 0. The van der Waals surface area contributed by atoms with Crippen molar-refractivity contribution in [3.05, 3.63) is 95.6 Å². The predicted octanol–water partition coefficient (Wildman–Crippen LogP) is 2.26. The Morgan fingerprint density at radius 1 is 1.00 bits per heavy atom. The molecule has 0 bridgehead atoms. The summed E-state index contributed by atoms with van der Waals surface area (Å²) in [5.41, 5.74) is 3.53. The normalized spacial score (nSPS) is 21.9. The van der Waals surface area contributed by atoms with Gasteiger partial charge >= 0.3 is 0 Å². The van der Waals surface area contributed by atoms with E-state index in [2.05, 4.69) is 25.5 Å². The van der Waals surface area contributed by atoms with E-state index in [0.717, 1.165) is 28.8 Å². The van der Waals surface area contributed by atoms with Gasteiger partial charge in [0.1, 0.15) is 6.04 Å². The lowest BCUT2D eigenvalue weighted by Gasteiger charge is -2.42. The highest BCUT2D eigenvalue weighted by atomic mass is 16.3. The minimum Gasteiger partial charge on any atom is -0.392 e. The Morgan fingerprint density at radius 3 is 2.40 bits per heavy atom. The molecule has 2 aromatic heterocycles. The molecular weight excluding hydrogens is 568 g/mol. The molecule has 3 aromatic rings. The second-order valence-electron chi connectivity index (χ2n) is 13.5. The minimum atomic E-state index is -0.854. The first-order valence-corrected chi connectivity index (χ1v) is 15.9. The number of rotatable bonds is 11. The smallest absolute Gasteiger partial charge is 0.239 e. The van der Waals surface area contributed by atoms with Crippen LogP contribution in [0.2, 0.25) is 0 Å². The van der Waals surface area contributed by atoms with Crippen LogP contribution in [0, 0.1) is 5.92 Å². The van der Waals surface area contributed by atoms with Gasteiger partial charge in [0.05, 0.1) is 18.2 Å². The number of aliphatic hydroxyl groups excluding tert-OH is 2. The fourth-order valence-electron chi connectivity index (χ4n) is 6.47. The summed E-state index contributed by atoms with van der Waals surface area (Å²) in [6.45, 7) is 8.68. The molecule has 2 amide bonds. The molecule has 10 heteroatoms. The lowest BCUT2D eigenvalue weighted by atomic mass is 9.92. The molecule has 0 radical (unpaired) electrons. The van der Waals surface area contributed by atoms with Gasteiger partial charge in [0, 0.05) is 75.4 Å². The van der Waals surface area contributed by atoms with E-state index in [-0.39, 0.29) is 24.8 Å². The molecule has 1 aliphatic heterocycles. The van der Waals surface area contributed by atoms with Gasteiger partial charge in [-0.3, -0.25) is 29.4 Å². The van der Waals surface area contributed by atoms with Gasteiger partial charge in [-0.25, -0.2) is 0 Å². The lowest BCUT2D eigenvalue weighted by Crippen LogP contribution is -2.61. The molecule has 1 aliphatic carbocycles. The maximum absolute atomic E-state index is 13.8. The molecule has 1 aromatic carbocycles. The SMILES string of the molecule is CC(C)(C)NC(=O)[C@@H]1CN(Cc2cccnc2)CCN1C[C@@H](O)C[C@H](Cc1cccnc1)C(=O)N[C@H]1c2ccccc2C[C@H]1O. The maximum Gasteiger partial charge on any atom is 0.239 e. The minimum absolute atomic E-state index is 0.0795. The lowest BCUT2D eigenvalue weighted by molar-refractivity contribution is -0.132. The standard InChI is InChI=1S/C35H46N6O4/c1-35(2,3)39-34(45)30-23-40(21-25-9-7-13-37-20-25)14-15-41(30)22-28(42)17-27(16-24-8-6-12-36-19-24)33(44)38-32-29-11-5-4-10-26(29)18-31(32)43/h4-13,19-20,27-28,30-32,42-43H,14-18,21-23H2,1-3H3,(H,38,44)(H,39,45)/t27-,28-,30-,31+,32-/m0/s1. The third kappa shape index (κ3) is 8.94. The van der Waals surface area contributed by atoms with Crippen LogP contribution >= 0.6 is 0 Å². The van der Waals surface area contributed by atoms with E-state index in [1.165, 1.54) is 0 Å². The number of benzene rings is 1. The molecule has 1 fully saturated rings. The summed E-state index contributed by atoms with van der Waals surface area (Å²) >= 11 is 0. The van der Waals surface area contributed by atoms with Crippen LogP contribution in [0.15, 0.2) is 73.3 Å². The summed E-state index contributed by atoms with van der Waals surface area (Å²) in [5, 5.41) is 28.5. The van der Waals surface area contributed by atoms with E-state index >= 15 is 0 Å². The first-order valence-electron chi connectivity index (χ1n) is 15.9. The summed E-state index contributed by atoms with van der Waals surface area (Å²) in [5.74, 6) is -0.857. The number of piperazine rings is 1. The van der Waals surface area contributed by atoms with E-state index in [9.17, 15) is 19.8 Å².